The smallest absolute Gasteiger partial charge is 0.205 e. The van der Waals surface area contributed by atoms with Gasteiger partial charge in [-0.2, -0.15) is 0 Å². The van der Waals surface area contributed by atoms with E-state index in [9.17, 15) is 0 Å². The number of fused-ring (bicyclic) bond motifs is 1. The summed E-state index contributed by atoms with van der Waals surface area (Å²) < 4.78 is 16.3. The molecule has 3 rings (SSSR count). The van der Waals surface area contributed by atoms with Crippen LogP contribution in [0.15, 0.2) is 24.5 Å². The Hall–Kier alpha value is -2.74. The molecule has 8 nitrogen and oxygen atoms in total. The van der Waals surface area contributed by atoms with Crippen LogP contribution in [-0.2, 0) is 0 Å². The van der Waals surface area contributed by atoms with Gasteiger partial charge in [0.2, 0.25) is 5.75 Å². The topological polar surface area (TPSA) is 104 Å². The molecule has 0 bridgehead atoms. The van der Waals surface area contributed by atoms with Crippen molar-refractivity contribution in [3.05, 3.63) is 24.5 Å². The van der Waals surface area contributed by atoms with Gasteiger partial charge < -0.3 is 25.0 Å². The van der Waals surface area contributed by atoms with Crippen LogP contribution in [0.4, 0.5) is 17.3 Å². The van der Waals surface area contributed by atoms with Crippen molar-refractivity contribution in [1.82, 2.24) is 9.97 Å². The van der Waals surface area contributed by atoms with Crippen LogP contribution in [0.5, 0.6) is 17.2 Å². The van der Waals surface area contributed by atoms with Crippen LogP contribution < -0.4 is 30.8 Å². The zero-order chi connectivity index (χ0) is 14.7. The molecule has 0 amide bonds. The molecule has 1 aromatic carbocycles. The molecule has 0 saturated heterocycles. The van der Waals surface area contributed by atoms with E-state index in [1.807, 2.05) is 18.2 Å². The number of anilines is 3. The van der Waals surface area contributed by atoms with Gasteiger partial charge in [-0.3, -0.25) is 0 Å². The molecule has 0 radical (unpaired) electrons. The molecule has 8 heteroatoms. The minimum Gasteiger partial charge on any atom is -0.490 e. The monoisotopic (exact) mass is 289 g/mol. The van der Waals surface area contributed by atoms with Crippen LogP contribution in [0.1, 0.15) is 0 Å². The summed E-state index contributed by atoms with van der Waals surface area (Å²) >= 11 is 0. The molecular weight excluding hydrogens is 274 g/mol. The van der Waals surface area contributed by atoms with Gasteiger partial charge in [0.05, 0.1) is 7.11 Å². The largest absolute Gasteiger partial charge is 0.490 e. The first kappa shape index (κ1) is 13.3. The zero-order valence-corrected chi connectivity index (χ0v) is 11.4. The first-order valence-corrected chi connectivity index (χ1v) is 6.34. The third-order valence-corrected chi connectivity index (χ3v) is 2.95. The van der Waals surface area contributed by atoms with E-state index in [4.69, 9.17) is 20.1 Å². The number of rotatable bonds is 4. The van der Waals surface area contributed by atoms with Gasteiger partial charge in [0.25, 0.3) is 0 Å². The zero-order valence-electron chi connectivity index (χ0n) is 11.4. The maximum absolute atomic E-state index is 5.54. The number of hydrazine groups is 1. The SMILES string of the molecule is COc1c(NN)ncnc1Nc1ccc2c(c1)OCCO2. The van der Waals surface area contributed by atoms with Crippen molar-refractivity contribution in [2.24, 2.45) is 5.84 Å². The molecule has 4 N–H and O–H groups in total. The standard InChI is InChI=1S/C13H15N5O3/c1-19-11-12(15-7-16-13(11)18-14)17-8-2-3-9-10(6-8)21-5-4-20-9/h2-3,6-7H,4-5,14H2,1H3,(H2,15,16,17,18). The molecule has 0 unspecified atom stereocenters. The second kappa shape index (κ2) is 5.71. The molecule has 0 saturated carbocycles. The highest BCUT2D eigenvalue weighted by atomic mass is 16.6. The molecule has 0 spiro atoms. The number of ether oxygens (including phenoxy) is 3. The number of aromatic nitrogens is 2. The molecule has 0 aliphatic carbocycles. The van der Waals surface area contributed by atoms with Gasteiger partial charge in [-0.05, 0) is 12.1 Å². The van der Waals surface area contributed by atoms with E-state index < -0.39 is 0 Å². The van der Waals surface area contributed by atoms with Crippen LogP contribution in [-0.4, -0.2) is 30.3 Å². The van der Waals surface area contributed by atoms with Crippen molar-refractivity contribution in [1.29, 1.82) is 0 Å². The molecule has 110 valence electrons. The number of benzene rings is 1. The summed E-state index contributed by atoms with van der Waals surface area (Å²) in [5.41, 5.74) is 3.25. The normalized spacial score (nSPS) is 12.7. The predicted octanol–water partition coefficient (Wildman–Crippen LogP) is 1.29. The average Bonchev–Trinajstić information content (AvgIpc) is 2.54. The summed E-state index contributed by atoms with van der Waals surface area (Å²) in [6.07, 6.45) is 1.39. The number of nitrogens with zero attached hydrogens (tertiary/aromatic N) is 2. The number of nitrogen functional groups attached to an aromatic ring is 1. The Bertz CT molecular complexity index is 650. The Kier molecular flexibility index (Phi) is 3.61. The first-order chi connectivity index (χ1) is 10.3. The van der Waals surface area contributed by atoms with E-state index in [1.165, 1.54) is 13.4 Å². The quantitative estimate of drug-likeness (QED) is 0.571. The number of hydrogen-bond acceptors (Lipinski definition) is 8. The first-order valence-electron chi connectivity index (χ1n) is 6.34. The van der Waals surface area contributed by atoms with Crippen LogP contribution in [0.25, 0.3) is 0 Å². The van der Waals surface area contributed by atoms with Crippen LogP contribution >= 0.6 is 0 Å². The highest BCUT2D eigenvalue weighted by Crippen LogP contribution is 2.35. The molecule has 0 atom stereocenters. The summed E-state index contributed by atoms with van der Waals surface area (Å²) in [5.74, 6) is 8.13. The van der Waals surface area contributed by atoms with E-state index in [-0.39, 0.29) is 0 Å². The van der Waals surface area contributed by atoms with Gasteiger partial charge in [0, 0.05) is 11.8 Å². The van der Waals surface area contributed by atoms with Crippen molar-refractivity contribution >= 4 is 17.3 Å². The Labute approximate surface area is 121 Å². The van der Waals surface area contributed by atoms with Crippen molar-refractivity contribution in [2.75, 3.05) is 31.1 Å². The average molecular weight is 289 g/mol. The second-order valence-corrected chi connectivity index (χ2v) is 4.23. The summed E-state index contributed by atoms with van der Waals surface area (Å²) in [6.45, 7) is 1.10. The molecule has 2 aromatic rings. The molecule has 21 heavy (non-hydrogen) atoms. The fourth-order valence-corrected chi connectivity index (χ4v) is 2.02. The second-order valence-electron chi connectivity index (χ2n) is 4.23. The molecular formula is C13H15N5O3. The Balaban J connectivity index is 1.90. The Morgan fingerprint density at radius 1 is 1.14 bits per heavy atom. The lowest BCUT2D eigenvalue weighted by atomic mass is 10.2. The number of nitrogens with two attached hydrogens (primary N) is 1. The summed E-state index contributed by atoms with van der Waals surface area (Å²) in [4.78, 5) is 8.13. The van der Waals surface area contributed by atoms with E-state index >= 15 is 0 Å². The van der Waals surface area contributed by atoms with Crippen LogP contribution in [0, 0.1) is 0 Å². The molecule has 1 aliphatic rings. The summed E-state index contributed by atoms with van der Waals surface area (Å²) in [6, 6.07) is 5.54. The van der Waals surface area contributed by atoms with Gasteiger partial charge in [0.1, 0.15) is 19.5 Å². The van der Waals surface area contributed by atoms with Crippen LogP contribution in [0.2, 0.25) is 0 Å². The van der Waals surface area contributed by atoms with Crippen molar-refractivity contribution in [3.63, 3.8) is 0 Å². The Morgan fingerprint density at radius 3 is 2.67 bits per heavy atom. The summed E-state index contributed by atoms with van der Waals surface area (Å²) in [7, 11) is 1.52. The third kappa shape index (κ3) is 2.61. The van der Waals surface area contributed by atoms with Crippen molar-refractivity contribution in [2.45, 2.75) is 0 Å². The molecule has 1 aliphatic heterocycles. The number of hydrogen-bond donors (Lipinski definition) is 3. The van der Waals surface area contributed by atoms with E-state index in [0.29, 0.717) is 36.3 Å². The lowest BCUT2D eigenvalue weighted by Gasteiger charge is -2.19. The van der Waals surface area contributed by atoms with Crippen molar-refractivity contribution in [3.8, 4) is 17.2 Å². The van der Waals surface area contributed by atoms with Gasteiger partial charge in [-0.15, -0.1) is 0 Å². The fraction of sp³-hybridized carbons (Fsp3) is 0.231. The fourth-order valence-electron chi connectivity index (χ4n) is 2.02. The minimum absolute atomic E-state index is 0.396. The van der Waals surface area contributed by atoms with Crippen LogP contribution in [0.3, 0.4) is 0 Å². The van der Waals surface area contributed by atoms with E-state index in [0.717, 1.165) is 11.4 Å². The van der Waals surface area contributed by atoms with Crippen molar-refractivity contribution < 1.29 is 14.2 Å². The molecule has 2 heterocycles. The minimum atomic E-state index is 0.396. The number of nitrogens with one attached hydrogen (secondary N) is 2. The predicted molar refractivity (Wildman–Crippen MR) is 77.1 cm³/mol. The lowest BCUT2D eigenvalue weighted by Crippen LogP contribution is -2.15. The lowest BCUT2D eigenvalue weighted by molar-refractivity contribution is 0.171. The highest BCUT2D eigenvalue weighted by Gasteiger charge is 2.14. The van der Waals surface area contributed by atoms with Gasteiger partial charge >= 0.3 is 0 Å². The van der Waals surface area contributed by atoms with Gasteiger partial charge in [0.15, 0.2) is 23.1 Å². The van der Waals surface area contributed by atoms with Gasteiger partial charge in [-0.25, -0.2) is 15.8 Å². The summed E-state index contributed by atoms with van der Waals surface area (Å²) in [5, 5.41) is 3.14. The van der Waals surface area contributed by atoms with Gasteiger partial charge in [-0.1, -0.05) is 0 Å². The molecule has 0 fully saturated rings. The number of methoxy groups -OCH3 is 1. The van der Waals surface area contributed by atoms with E-state index in [1.54, 1.807) is 0 Å². The van der Waals surface area contributed by atoms with E-state index in [2.05, 4.69) is 20.7 Å². The maximum Gasteiger partial charge on any atom is 0.205 e. The molecule has 1 aromatic heterocycles. The third-order valence-electron chi connectivity index (χ3n) is 2.95. The highest BCUT2D eigenvalue weighted by molar-refractivity contribution is 5.70. The Morgan fingerprint density at radius 2 is 1.90 bits per heavy atom. The maximum atomic E-state index is 5.54.